The molecule has 2 heteroatoms. The van der Waals surface area contributed by atoms with Crippen LogP contribution in [0.15, 0.2) is 206 Å². The lowest BCUT2D eigenvalue weighted by molar-refractivity contribution is -0.00518. The van der Waals surface area contributed by atoms with Crippen molar-refractivity contribution in [3.05, 3.63) is 217 Å². The molecule has 4 saturated carbocycles. The largest absolute Gasteiger partial charge is 0.311 e. The van der Waals surface area contributed by atoms with Gasteiger partial charge < -0.3 is 9.80 Å². The first-order chi connectivity index (χ1) is 30.0. The van der Waals surface area contributed by atoms with Crippen LogP contribution in [0, 0.1) is 24.7 Å². The summed E-state index contributed by atoms with van der Waals surface area (Å²) < 4.78 is 0. The number of nitrogens with zero attached hydrogens (tertiary/aromatic N) is 2. The van der Waals surface area contributed by atoms with Crippen LogP contribution in [0.2, 0.25) is 0 Å². The Morgan fingerprint density at radius 2 is 0.656 bits per heavy atom. The Hall–Kier alpha value is -6.64. The van der Waals surface area contributed by atoms with Gasteiger partial charge in [-0.3, -0.25) is 0 Å². The average molecular weight is 789 g/mol. The molecule has 0 radical (unpaired) electrons. The Kier molecular flexibility index (Phi) is 9.65. The second kappa shape index (κ2) is 15.8. The maximum atomic E-state index is 2.46. The lowest BCUT2D eigenvalue weighted by atomic mass is 9.48. The van der Waals surface area contributed by atoms with Crippen molar-refractivity contribution < 1.29 is 0 Å². The van der Waals surface area contributed by atoms with Gasteiger partial charge in [-0.1, -0.05) is 139 Å². The van der Waals surface area contributed by atoms with Gasteiger partial charge in [0.1, 0.15) is 0 Å². The van der Waals surface area contributed by atoms with Crippen molar-refractivity contribution in [3.63, 3.8) is 0 Å². The highest BCUT2D eigenvalue weighted by Crippen LogP contribution is 2.60. The summed E-state index contributed by atoms with van der Waals surface area (Å²) in [6.45, 7) is 2.14. The Labute approximate surface area is 361 Å². The summed E-state index contributed by atoms with van der Waals surface area (Å²) in [7, 11) is 0. The number of aryl methyl sites for hydroxylation is 1. The summed E-state index contributed by atoms with van der Waals surface area (Å²) in [5.41, 5.74) is 17.5. The van der Waals surface area contributed by atoms with Crippen LogP contribution in [-0.2, 0) is 5.41 Å². The van der Waals surface area contributed by atoms with E-state index in [0.29, 0.717) is 5.41 Å². The van der Waals surface area contributed by atoms with Gasteiger partial charge in [0.2, 0.25) is 0 Å². The highest BCUT2D eigenvalue weighted by atomic mass is 15.1. The third kappa shape index (κ3) is 7.35. The van der Waals surface area contributed by atoms with Gasteiger partial charge in [-0.25, -0.2) is 0 Å². The van der Waals surface area contributed by atoms with Gasteiger partial charge in [-0.05, 0) is 180 Å². The summed E-state index contributed by atoms with van der Waals surface area (Å²) in [6.07, 6.45) is 8.70. The van der Waals surface area contributed by atoms with Crippen LogP contribution in [0.5, 0.6) is 0 Å². The average Bonchev–Trinajstić information content (AvgIpc) is 3.31. The lowest BCUT2D eigenvalue weighted by Crippen LogP contribution is -2.48. The standard InChI is InChI=1S/C59H52N2/c1-42-9-8-10-51(35-42)50-23-33-58(34-24-50)61(54-13-6-3-7-14-54)57-31-21-49(22-32-57)48-19-29-56(30-20-48)60(53-11-4-2-5-12-53)55-27-17-47(18-28-55)46-15-25-52(26-16-46)59-39-43-36-44(40-59)38-45(37-43)41-59/h2-35,43-45H,36-41H2,1H3. The maximum absolute atomic E-state index is 2.46. The smallest absolute Gasteiger partial charge is 0.0462 e. The first kappa shape index (κ1) is 37.4. The van der Waals surface area contributed by atoms with Gasteiger partial charge in [0.25, 0.3) is 0 Å². The first-order valence-electron chi connectivity index (χ1n) is 22.3. The predicted octanol–water partition coefficient (Wildman–Crippen LogP) is 16.4. The van der Waals surface area contributed by atoms with E-state index in [-0.39, 0.29) is 0 Å². The quantitative estimate of drug-likeness (QED) is 0.136. The number of para-hydroxylation sites is 2. The van der Waals surface area contributed by atoms with Crippen LogP contribution in [0.4, 0.5) is 34.1 Å². The lowest BCUT2D eigenvalue weighted by Gasteiger charge is -2.57. The number of benzene rings is 8. The van der Waals surface area contributed by atoms with Crippen molar-refractivity contribution in [1.29, 1.82) is 0 Å². The van der Waals surface area contributed by atoms with Gasteiger partial charge >= 0.3 is 0 Å². The molecule has 8 aromatic rings. The Morgan fingerprint density at radius 1 is 0.328 bits per heavy atom. The van der Waals surface area contributed by atoms with Gasteiger partial charge in [0.05, 0.1) is 0 Å². The predicted molar refractivity (Wildman–Crippen MR) is 257 cm³/mol. The van der Waals surface area contributed by atoms with Gasteiger partial charge in [-0.15, -0.1) is 0 Å². The molecule has 4 bridgehead atoms. The zero-order chi connectivity index (χ0) is 40.8. The molecule has 61 heavy (non-hydrogen) atoms. The fraction of sp³-hybridized carbons (Fsp3) is 0.186. The monoisotopic (exact) mass is 788 g/mol. The molecule has 8 aromatic carbocycles. The minimum atomic E-state index is 0.436. The molecular weight excluding hydrogens is 737 g/mol. The van der Waals surface area contributed by atoms with Crippen molar-refractivity contribution in [3.8, 4) is 33.4 Å². The minimum absolute atomic E-state index is 0.436. The van der Waals surface area contributed by atoms with E-state index in [0.717, 1.165) is 51.9 Å². The molecule has 0 saturated heterocycles. The van der Waals surface area contributed by atoms with E-state index in [2.05, 4.69) is 223 Å². The van der Waals surface area contributed by atoms with Crippen LogP contribution in [0.3, 0.4) is 0 Å². The van der Waals surface area contributed by atoms with Crippen molar-refractivity contribution >= 4 is 34.1 Å². The van der Waals surface area contributed by atoms with E-state index < -0.39 is 0 Å². The zero-order valence-corrected chi connectivity index (χ0v) is 35.0. The number of hydrogen-bond donors (Lipinski definition) is 0. The topological polar surface area (TPSA) is 6.48 Å². The third-order valence-electron chi connectivity index (χ3n) is 14.1. The van der Waals surface area contributed by atoms with E-state index in [1.807, 2.05) is 0 Å². The summed E-state index contributed by atoms with van der Waals surface area (Å²) in [4.78, 5) is 4.68. The third-order valence-corrected chi connectivity index (χ3v) is 14.1. The molecule has 12 rings (SSSR count). The zero-order valence-electron chi connectivity index (χ0n) is 35.0. The number of hydrogen-bond acceptors (Lipinski definition) is 2. The van der Waals surface area contributed by atoms with Gasteiger partial charge in [0.15, 0.2) is 0 Å². The van der Waals surface area contributed by atoms with E-state index in [1.54, 1.807) is 5.56 Å². The molecule has 298 valence electrons. The molecule has 0 amide bonds. The molecule has 0 aromatic heterocycles. The fourth-order valence-corrected chi connectivity index (χ4v) is 11.6. The Bertz CT molecular complexity index is 2700. The number of anilines is 6. The fourth-order valence-electron chi connectivity index (χ4n) is 11.6. The molecule has 0 N–H and O–H groups in total. The molecule has 0 heterocycles. The van der Waals surface area contributed by atoms with Crippen LogP contribution in [-0.4, -0.2) is 0 Å². The van der Waals surface area contributed by atoms with E-state index in [9.17, 15) is 0 Å². The second-order valence-corrected chi connectivity index (χ2v) is 18.2. The molecule has 4 fully saturated rings. The highest BCUT2D eigenvalue weighted by molar-refractivity contribution is 5.82. The maximum Gasteiger partial charge on any atom is 0.0462 e. The van der Waals surface area contributed by atoms with Crippen molar-refractivity contribution in [2.24, 2.45) is 17.8 Å². The molecule has 0 atom stereocenters. The molecule has 0 spiro atoms. The van der Waals surface area contributed by atoms with Crippen LogP contribution in [0.1, 0.15) is 49.7 Å². The van der Waals surface area contributed by atoms with Gasteiger partial charge in [-0.2, -0.15) is 0 Å². The highest BCUT2D eigenvalue weighted by Gasteiger charge is 2.51. The molecular formula is C59H52N2. The Morgan fingerprint density at radius 3 is 1.02 bits per heavy atom. The first-order valence-corrected chi connectivity index (χ1v) is 22.3. The summed E-state index contributed by atoms with van der Waals surface area (Å²) in [6, 6.07) is 75.7. The summed E-state index contributed by atoms with van der Waals surface area (Å²) >= 11 is 0. The van der Waals surface area contributed by atoms with Crippen molar-refractivity contribution in [2.75, 3.05) is 9.80 Å². The molecule has 2 nitrogen and oxygen atoms in total. The van der Waals surface area contributed by atoms with E-state index in [1.165, 1.54) is 77.5 Å². The molecule has 4 aliphatic rings. The van der Waals surface area contributed by atoms with Crippen LogP contribution < -0.4 is 9.80 Å². The van der Waals surface area contributed by atoms with E-state index in [4.69, 9.17) is 0 Å². The molecule has 0 aliphatic heterocycles. The van der Waals surface area contributed by atoms with Crippen molar-refractivity contribution in [2.45, 2.75) is 50.9 Å². The summed E-state index contributed by atoms with van der Waals surface area (Å²) in [5, 5.41) is 0. The normalized spacial score (nSPS) is 20.0. The second-order valence-electron chi connectivity index (χ2n) is 18.2. The van der Waals surface area contributed by atoms with Crippen LogP contribution >= 0.6 is 0 Å². The molecule has 4 aliphatic carbocycles. The van der Waals surface area contributed by atoms with Crippen LogP contribution in [0.25, 0.3) is 33.4 Å². The number of rotatable bonds is 10. The summed E-state index contributed by atoms with van der Waals surface area (Å²) in [5.74, 6) is 2.89. The van der Waals surface area contributed by atoms with Gasteiger partial charge in [0, 0.05) is 34.1 Å². The Balaban J connectivity index is 0.837. The minimum Gasteiger partial charge on any atom is -0.311 e. The van der Waals surface area contributed by atoms with E-state index >= 15 is 0 Å². The molecule has 0 unspecified atom stereocenters. The SMILES string of the molecule is Cc1cccc(-c2ccc(N(c3ccccc3)c3ccc(-c4ccc(N(c5ccccc5)c5ccc(-c6ccc(C78CC9CC(CC(C9)C7)C8)cc6)cc5)cc4)cc3)cc2)c1. The van der Waals surface area contributed by atoms with Crippen molar-refractivity contribution in [1.82, 2.24) is 0 Å².